The highest BCUT2D eigenvalue weighted by Crippen LogP contribution is 2.37. The lowest BCUT2D eigenvalue weighted by Gasteiger charge is -2.49. The van der Waals surface area contributed by atoms with Gasteiger partial charge in [0.1, 0.15) is 48.8 Å². The van der Waals surface area contributed by atoms with Crippen LogP contribution in [-0.4, -0.2) is 81.7 Å². The minimum Gasteiger partial charge on any atom is -0.374 e. The van der Waals surface area contributed by atoms with Gasteiger partial charge >= 0.3 is 0 Å². The van der Waals surface area contributed by atoms with Gasteiger partial charge in [0.05, 0.1) is 52.9 Å². The molecule has 8 rings (SSSR count). The number of hydrogen-bond acceptors (Lipinski definition) is 11. The number of nitrogens with zero attached hydrogens (tertiary/aromatic N) is 3. The number of rotatable bonds is 24. The standard InChI is InChI=1S/C55H59N3O10/c1-59-55-53(65-37-45-30-18-7-19-31-45)52(50(63-35-43-26-14-5-15-27-43)47(67-55)39-61-33-41-22-10-3-11-23-41)68-54-48(57-58-56)51(64-36-44-28-16-6-17-29-44)49(62-34-42-24-12-4-13-25-42)46(66-54)38-60-32-40-20-8-2-9-21-40/h2-31,46-55H,32-39H2,1H3/t46-,47-,48-,49+,50+,51-,52+,53-,54+,55+/m1/s1. The first-order valence-corrected chi connectivity index (χ1v) is 23.0. The molecule has 0 amide bonds. The van der Waals surface area contributed by atoms with Crippen LogP contribution in [0.15, 0.2) is 187 Å². The third-order valence-electron chi connectivity index (χ3n) is 11.8. The van der Waals surface area contributed by atoms with Crippen molar-refractivity contribution < 1.29 is 47.4 Å². The zero-order chi connectivity index (χ0) is 46.6. The summed E-state index contributed by atoms with van der Waals surface area (Å²) in [5.41, 5.74) is 16.1. The zero-order valence-electron chi connectivity index (χ0n) is 38.2. The molecule has 10 atom stereocenters. The largest absolute Gasteiger partial charge is 0.374 e. The van der Waals surface area contributed by atoms with Gasteiger partial charge in [-0.3, -0.25) is 0 Å². The van der Waals surface area contributed by atoms with Crippen molar-refractivity contribution in [1.82, 2.24) is 0 Å². The van der Waals surface area contributed by atoms with Crippen LogP contribution in [0.2, 0.25) is 0 Å². The molecule has 0 radical (unpaired) electrons. The highest BCUT2D eigenvalue weighted by molar-refractivity contribution is 5.18. The van der Waals surface area contributed by atoms with Crippen LogP contribution in [0.25, 0.3) is 10.4 Å². The Morgan fingerprint density at radius 3 is 1.10 bits per heavy atom. The van der Waals surface area contributed by atoms with E-state index in [-0.39, 0.29) is 39.6 Å². The molecule has 2 aliphatic rings. The Morgan fingerprint density at radius 2 is 0.735 bits per heavy atom. The maximum Gasteiger partial charge on any atom is 0.186 e. The number of methoxy groups -OCH3 is 1. The minimum atomic E-state index is -1.23. The molecule has 0 unspecified atom stereocenters. The van der Waals surface area contributed by atoms with Gasteiger partial charge in [0.15, 0.2) is 12.6 Å². The second kappa shape index (κ2) is 26.1. The third-order valence-corrected chi connectivity index (χ3v) is 11.8. The molecule has 13 nitrogen and oxygen atoms in total. The lowest BCUT2D eigenvalue weighted by atomic mass is 9.95. The molecule has 0 N–H and O–H groups in total. The fourth-order valence-corrected chi connectivity index (χ4v) is 8.40. The van der Waals surface area contributed by atoms with Crippen LogP contribution in [-0.2, 0) is 87.0 Å². The second-order valence-corrected chi connectivity index (χ2v) is 16.7. The van der Waals surface area contributed by atoms with E-state index in [1.807, 2.05) is 182 Å². The maximum absolute atomic E-state index is 10.3. The Balaban J connectivity index is 1.16. The van der Waals surface area contributed by atoms with Gasteiger partial charge in [0.2, 0.25) is 0 Å². The first-order chi connectivity index (χ1) is 33.6. The summed E-state index contributed by atoms with van der Waals surface area (Å²) in [5, 5.41) is 4.39. The molecule has 6 aromatic carbocycles. The summed E-state index contributed by atoms with van der Waals surface area (Å²) in [6, 6.07) is 58.1. The molecule has 2 saturated heterocycles. The minimum absolute atomic E-state index is 0.0920. The number of benzene rings is 6. The van der Waals surface area contributed by atoms with Crippen LogP contribution in [0.3, 0.4) is 0 Å². The SMILES string of the molecule is CO[C@H]1O[C@H](COCc2ccccc2)[C@H](OCc2ccccc2)[C@H](O[C@@H]2O[C@H](COCc3ccccc3)[C@H](OCc3ccccc3)[C@H](OCc3ccccc3)[C@H]2N=[N+]=[N-])[C@H]1OCc1ccccc1. The topological polar surface area (TPSA) is 141 Å². The van der Waals surface area contributed by atoms with Gasteiger partial charge in [-0.25, -0.2) is 0 Å². The van der Waals surface area contributed by atoms with E-state index in [1.54, 1.807) is 7.11 Å². The summed E-state index contributed by atoms with van der Waals surface area (Å²) in [4.78, 5) is 3.36. The number of ether oxygens (including phenoxy) is 10. The Bertz CT molecular complexity index is 2370. The van der Waals surface area contributed by atoms with Gasteiger partial charge in [-0.1, -0.05) is 187 Å². The van der Waals surface area contributed by atoms with Crippen molar-refractivity contribution in [3.05, 3.63) is 226 Å². The predicted molar refractivity (Wildman–Crippen MR) is 254 cm³/mol. The smallest absolute Gasteiger partial charge is 0.186 e. The summed E-state index contributed by atoms with van der Waals surface area (Å²) >= 11 is 0. The fourth-order valence-electron chi connectivity index (χ4n) is 8.40. The average molecular weight is 922 g/mol. The third kappa shape index (κ3) is 13.9. The molecular weight excluding hydrogens is 863 g/mol. The van der Waals surface area contributed by atoms with Crippen LogP contribution < -0.4 is 0 Å². The molecular formula is C55H59N3O10. The molecule has 13 heteroatoms. The monoisotopic (exact) mass is 921 g/mol. The Kier molecular flexibility index (Phi) is 18.7. The Labute approximate surface area is 398 Å². The van der Waals surface area contributed by atoms with Gasteiger partial charge in [-0.15, -0.1) is 0 Å². The molecule has 6 aromatic rings. The van der Waals surface area contributed by atoms with Crippen molar-refractivity contribution in [2.75, 3.05) is 20.3 Å². The van der Waals surface area contributed by atoms with Crippen LogP contribution in [0, 0.1) is 0 Å². The first-order valence-electron chi connectivity index (χ1n) is 23.0. The lowest BCUT2D eigenvalue weighted by Crippen LogP contribution is -2.66. The van der Waals surface area contributed by atoms with Crippen molar-refractivity contribution in [2.24, 2.45) is 5.11 Å². The molecule has 2 fully saturated rings. The quantitative estimate of drug-likeness (QED) is 0.0327. The Hall–Kier alpha value is -5.77. The maximum atomic E-state index is 10.3. The summed E-state index contributed by atoms with van der Waals surface area (Å²) < 4.78 is 67.1. The van der Waals surface area contributed by atoms with Crippen LogP contribution in [0.5, 0.6) is 0 Å². The van der Waals surface area contributed by atoms with E-state index >= 15 is 0 Å². The van der Waals surface area contributed by atoms with Crippen molar-refractivity contribution >= 4 is 0 Å². The fraction of sp³-hybridized carbons (Fsp3) is 0.345. The Morgan fingerprint density at radius 1 is 0.412 bits per heavy atom. The molecule has 0 saturated carbocycles. The van der Waals surface area contributed by atoms with E-state index in [2.05, 4.69) is 10.0 Å². The van der Waals surface area contributed by atoms with Gasteiger partial charge < -0.3 is 47.4 Å². The van der Waals surface area contributed by atoms with Gasteiger partial charge in [-0.05, 0) is 38.9 Å². The van der Waals surface area contributed by atoms with Crippen molar-refractivity contribution in [2.45, 2.75) is 101 Å². The van der Waals surface area contributed by atoms with E-state index in [0.717, 1.165) is 33.4 Å². The molecule has 2 aliphatic heterocycles. The predicted octanol–water partition coefficient (Wildman–Crippen LogP) is 9.92. The molecule has 0 aliphatic carbocycles. The molecule has 2 heterocycles. The van der Waals surface area contributed by atoms with Crippen LogP contribution in [0.1, 0.15) is 33.4 Å². The second-order valence-electron chi connectivity index (χ2n) is 16.7. The first kappa shape index (κ1) is 48.7. The average Bonchev–Trinajstić information content (AvgIpc) is 3.39. The highest BCUT2D eigenvalue weighted by atomic mass is 16.7. The van der Waals surface area contributed by atoms with Crippen molar-refractivity contribution in [3.63, 3.8) is 0 Å². The van der Waals surface area contributed by atoms with E-state index in [0.29, 0.717) is 13.2 Å². The molecule has 0 aromatic heterocycles. The van der Waals surface area contributed by atoms with E-state index in [9.17, 15) is 5.53 Å². The van der Waals surface area contributed by atoms with Gasteiger partial charge in [0, 0.05) is 12.0 Å². The zero-order valence-corrected chi connectivity index (χ0v) is 38.2. The summed E-state index contributed by atoms with van der Waals surface area (Å²) in [7, 11) is 1.57. The normalized spacial score (nSPS) is 24.8. The summed E-state index contributed by atoms with van der Waals surface area (Å²) in [6.07, 6.45) is -7.97. The van der Waals surface area contributed by atoms with Crippen LogP contribution >= 0.6 is 0 Å². The van der Waals surface area contributed by atoms with Crippen molar-refractivity contribution in [3.8, 4) is 0 Å². The van der Waals surface area contributed by atoms with E-state index in [4.69, 9.17) is 47.4 Å². The van der Waals surface area contributed by atoms with Crippen molar-refractivity contribution in [1.29, 1.82) is 0 Å². The molecule has 68 heavy (non-hydrogen) atoms. The number of hydrogen-bond donors (Lipinski definition) is 0. The molecule has 0 spiro atoms. The highest BCUT2D eigenvalue weighted by Gasteiger charge is 2.54. The lowest BCUT2D eigenvalue weighted by molar-refractivity contribution is -0.359. The van der Waals surface area contributed by atoms with E-state index < -0.39 is 61.3 Å². The van der Waals surface area contributed by atoms with Crippen LogP contribution in [0.4, 0.5) is 0 Å². The van der Waals surface area contributed by atoms with E-state index in [1.165, 1.54) is 0 Å². The molecule has 0 bridgehead atoms. The number of azide groups is 1. The molecule has 354 valence electrons. The van der Waals surface area contributed by atoms with Gasteiger partial charge in [0.25, 0.3) is 0 Å². The summed E-state index contributed by atoms with van der Waals surface area (Å²) in [5.74, 6) is 0. The van der Waals surface area contributed by atoms with Gasteiger partial charge in [-0.2, -0.15) is 0 Å². The summed E-state index contributed by atoms with van der Waals surface area (Å²) in [6.45, 7) is 1.71.